The largest absolute Gasteiger partial charge is 0.481 e. The number of piperidine rings is 1. The van der Waals surface area contributed by atoms with Crippen LogP contribution in [0.2, 0.25) is 5.02 Å². The lowest BCUT2D eigenvalue weighted by Gasteiger charge is -2.35. The van der Waals surface area contributed by atoms with Crippen LogP contribution in [0.1, 0.15) is 23.7 Å². The Balaban J connectivity index is 1.90. The Morgan fingerprint density at radius 3 is 2.83 bits per heavy atom. The van der Waals surface area contributed by atoms with Crippen LogP contribution in [0.4, 0.5) is 0 Å². The third kappa shape index (κ3) is 2.88. The number of amides is 1. The summed E-state index contributed by atoms with van der Waals surface area (Å²) in [5.41, 5.74) is 1.09. The minimum atomic E-state index is -0.789. The first-order valence-corrected chi connectivity index (χ1v) is 7.92. The van der Waals surface area contributed by atoms with Gasteiger partial charge < -0.3 is 10.0 Å². The first-order chi connectivity index (χ1) is 11.0. The van der Waals surface area contributed by atoms with Crippen molar-refractivity contribution in [2.75, 3.05) is 13.1 Å². The standard InChI is InChI=1S/C17H17ClN2O3/c1-10-9-20(8-6-11(10)17(22)23)16(21)13-4-5-14(18)12-3-2-7-19-15(12)13/h2-5,7,10-11H,6,8-9H2,1H3,(H,22,23). The maximum Gasteiger partial charge on any atom is 0.306 e. The van der Waals surface area contributed by atoms with Crippen LogP contribution in [0.5, 0.6) is 0 Å². The molecule has 1 amide bonds. The van der Waals surface area contributed by atoms with E-state index in [4.69, 9.17) is 11.6 Å². The van der Waals surface area contributed by atoms with E-state index < -0.39 is 5.97 Å². The number of carbonyl (C=O) groups excluding carboxylic acids is 1. The maximum absolute atomic E-state index is 12.8. The van der Waals surface area contributed by atoms with Gasteiger partial charge in [0.05, 0.1) is 22.0 Å². The maximum atomic E-state index is 12.8. The van der Waals surface area contributed by atoms with E-state index in [0.717, 1.165) is 5.39 Å². The number of carboxylic acids is 1. The molecule has 0 aliphatic carbocycles. The van der Waals surface area contributed by atoms with Gasteiger partial charge in [-0.1, -0.05) is 18.5 Å². The Morgan fingerprint density at radius 1 is 1.35 bits per heavy atom. The van der Waals surface area contributed by atoms with Crippen molar-refractivity contribution in [2.45, 2.75) is 13.3 Å². The molecule has 2 atom stereocenters. The van der Waals surface area contributed by atoms with Crippen LogP contribution in [-0.4, -0.2) is 40.0 Å². The molecule has 120 valence electrons. The summed E-state index contributed by atoms with van der Waals surface area (Å²) in [6.45, 7) is 2.75. The van der Waals surface area contributed by atoms with Crippen LogP contribution in [0.15, 0.2) is 30.5 Å². The van der Waals surface area contributed by atoms with E-state index in [0.29, 0.717) is 35.6 Å². The number of hydrogen-bond acceptors (Lipinski definition) is 3. The molecule has 1 aliphatic heterocycles. The fraction of sp³-hybridized carbons (Fsp3) is 0.353. The van der Waals surface area contributed by atoms with Crippen molar-refractivity contribution in [1.82, 2.24) is 9.88 Å². The number of likely N-dealkylation sites (tertiary alicyclic amines) is 1. The Bertz CT molecular complexity index is 778. The van der Waals surface area contributed by atoms with Crippen LogP contribution in [0.25, 0.3) is 10.9 Å². The molecule has 0 spiro atoms. The molecular formula is C17H17ClN2O3. The van der Waals surface area contributed by atoms with E-state index in [2.05, 4.69) is 4.98 Å². The molecule has 0 bridgehead atoms. The van der Waals surface area contributed by atoms with Crippen LogP contribution < -0.4 is 0 Å². The fourth-order valence-corrected chi connectivity index (χ4v) is 3.39. The molecule has 6 heteroatoms. The highest BCUT2D eigenvalue weighted by Crippen LogP contribution is 2.28. The lowest BCUT2D eigenvalue weighted by atomic mass is 9.86. The number of rotatable bonds is 2. The Morgan fingerprint density at radius 2 is 2.13 bits per heavy atom. The third-order valence-electron chi connectivity index (χ3n) is 4.46. The molecular weight excluding hydrogens is 316 g/mol. The summed E-state index contributed by atoms with van der Waals surface area (Å²) < 4.78 is 0. The van der Waals surface area contributed by atoms with Crippen molar-refractivity contribution in [3.63, 3.8) is 0 Å². The van der Waals surface area contributed by atoms with E-state index in [-0.39, 0.29) is 17.7 Å². The number of benzene rings is 1. The second-order valence-electron chi connectivity index (χ2n) is 5.96. The number of hydrogen-bond donors (Lipinski definition) is 1. The van der Waals surface area contributed by atoms with Gasteiger partial charge in [-0.2, -0.15) is 0 Å². The average molecular weight is 333 g/mol. The minimum absolute atomic E-state index is 0.0725. The van der Waals surface area contributed by atoms with Crippen molar-refractivity contribution in [3.05, 3.63) is 41.0 Å². The van der Waals surface area contributed by atoms with Crippen LogP contribution in [-0.2, 0) is 4.79 Å². The Hall–Kier alpha value is -2.14. The number of nitrogens with zero attached hydrogens (tertiary/aromatic N) is 2. The smallest absolute Gasteiger partial charge is 0.306 e. The fourth-order valence-electron chi connectivity index (χ4n) is 3.18. The molecule has 2 heterocycles. The predicted octanol–water partition coefficient (Wildman–Crippen LogP) is 3.07. The lowest BCUT2D eigenvalue weighted by molar-refractivity contribution is -0.145. The normalized spacial score (nSPS) is 21.4. The van der Waals surface area contributed by atoms with Gasteiger partial charge in [0, 0.05) is 24.7 Å². The summed E-state index contributed by atoms with van der Waals surface area (Å²) in [6, 6.07) is 7.00. The molecule has 1 aliphatic rings. The first-order valence-electron chi connectivity index (χ1n) is 7.54. The van der Waals surface area contributed by atoms with Crippen LogP contribution >= 0.6 is 11.6 Å². The summed E-state index contributed by atoms with van der Waals surface area (Å²) in [5.74, 6) is -1.37. The molecule has 5 nitrogen and oxygen atoms in total. The Kier molecular flexibility index (Phi) is 4.22. The molecule has 1 N–H and O–H groups in total. The van der Waals surface area contributed by atoms with Crippen LogP contribution in [0, 0.1) is 11.8 Å². The van der Waals surface area contributed by atoms with E-state index in [1.807, 2.05) is 13.0 Å². The zero-order valence-corrected chi connectivity index (χ0v) is 13.5. The number of halogens is 1. The number of fused-ring (bicyclic) bond motifs is 1. The number of pyridine rings is 1. The van der Waals surface area contributed by atoms with Gasteiger partial charge in [0.2, 0.25) is 0 Å². The molecule has 0 saturated carbocycles. The van der Waals surface area contributed by atoms with Gasteiger partial charge in [-0.3, -0.25) is 14.6 Å². The number of aliphatic carboxylic acids is 1. The number of carbonyl (C=O) groups is 2. The zero-order chi connectivity index (χ0) is 16.6. The summed E-state index contributed by atoms with van der Waals surface area (Å²) in [6.07, 6.45) is 2.11. The van der Waals surface area contributed by atoms with Gasteiger partial charge in [-0.15, -0.1) is 0 Å². The van der Waals surface area contributed by atoms with Gasteiger partial charge >= 0.3 is 5.97 Å². The highest BCUT2D eigenvalue weighted by atomic mass is 35.5. The van der Waals surface area contributed by atoms with Gasteiger partial charge in [0.1, 0.15) is 0 Å². The van der Waals surface area contributed by atoms with E-state index in [9.17, 15) is 14.7 Å². The van der Waals surface area contributed by atoms with Crippen LogP contribution in [0.3, 0.4) is 0 Å². The molecule has 23 heavy (non-hydrogen) atoms. The number of aromatic nitrogens is 1. The van der Waals surface area contributed by atoms with Crippen molar-refractivity contribution >= 4 is 34.4 Å². The summed E-state index contributed by atoms with van der Waals surface area (Å²) >= 11 is 6.17. The summed E-state index contributed by atoms with van der Waals surface area (Å²) in [7, 11) is 0. The average Bonchev–Trinajstić information content (AvgIpc) is 2.54. The zero-order valence-electron chi connectivity index (χ0n) is 12.7. The molecule has 2 aromatic rings. The van der Waals surface area contributed by atoms with Gasteiger partial charge in [-0.05, 0) is 36.6 Å². The van der Waals surface area contributed by atoms with Gasteiger partial charge in [-0.25, -0.2) is 0 Å². The molecule has 1 fully saturated rings. The predicted molar refractivity (Wildman–Crippen MR) is 87.6 cm³/mol. The van der Waals surface area contributed by atoms with Gasteiger partial charge in [0.25, 0.3) is 5.91 Å². The highest BCUT2D eigenvalue weighted by molar-refractivity contribution is 6.36. The van der Waals surface area contributed by atoms with E-state index in [1.54, 1.807) is 29.3 Å². The Labute approximate surface area is 138 Å². The molecule has 0 radical (unpaired) electrons. The SMILES string of the molecule is CC1CN(C(=O)c2ccc(Cl)c3cccnc23)CCC1C(=O)O. The monoisotopic (exact) mass is 332 g/mol. The molecule has 1 aromatic carbocycles. The van der Waals surface area contributed by atoms with E-state index in [1.165, 1.54) is 0 Å². The topological polar surface area (TPSA) is 70.5 Å². The summed E-state index contributed by atoms with van der Waals surface area (Å²) in [5, 5.41) is 10.5. The molecule has 3 rings (SSSR count). The quantitative estimate of drug-likeness (QED) is 0.917. The molecule has 2 unspecified atom stereocenters. The highest BCUT2D eigenvalue weighted by Gasteiger charge is 2.33. The van der Waals surface area contributed by atoms with Crippen molar-refractivity contribution < 1.29 is 14.7 Å². The van der Waals surface area contributed by atoms with E-state index >= 15 is 0 Å². The summed E-state index contributed by atoms with van der Waals surface area (Å²) in [4.78, 5) is 30.0. The lowest BCUT2D eigenvalue weighted by Crippen LogP contribution is -2.45. The van der Waals surface area contributed by atoms with Crippen molar-refractivity contribution in [2.24, 2.45) is 11.8 Å². The molecule has 1 saturated heterocycles. The second-order valence-corrected chi connectivity index (χ2v) is 6.36. The second kappa shape index (κ2) is 6.16. The van der Waals surface area contributed by atoms with Crippen molar-refractivity contribution in [1.29, 1.82) is 0 Å². The number of carboxylic acid groups (broad SMARTS) is 1. The molecule has 1 aromatic heterocycles. The minimum Gasteiger partial charge on any atom is -0.481 e. The van der Waals surface area contributed by atoms with Gasteiger partial charge in [0.15, 0.2) is 0 Å². The van der Waals surface area contributed by atoms with Crippen molar-refractivity contribution in [3.8, 4) is 0 Å². The first kappa shape index (κ1) is 15.7. The third-order valence-corrected chi connectivity index (χ3v) is 4.79.